The number of methoxy groups -OCH3 is 2. The average Bonchev–Trinajstić information content (AvgIpc) is 2.97. The van der Waals surface area contributed by atoms with E-state index in [9.17, 15) is 4.79 Å². The lowest BCUT2D eigenvalue weighted by atomic mass is 10.1. The molecule has 0 fully saturated rings. The number of rotatable bonds is 6. The Morgan fingerprint density at radius 3 is 2.38 bits per heavy atom. The van der Waals surface area contributed by atoms with Gasteiger partial charge in [0.05, 0.1) is 19.6 Å². The Hall–Kier alpha value is -3.29. The largest absolute Gasteiger partial charge is 0.497 e. The van der Waals surface area contributed by atoms with E-state index in [1.165, 1.54) is 0 Å². The lowest BCUT2D eigenvalue weighted by Gasteiger charge is -2.08. The van der Waals surface area contributed by atoms with Gasteiger partial charge in [0.2, 0.25) is 5.88 Å². The molecule has 2 aromatic heterocycles. The van der Waals surface area contributed by atoms with Gasteiger partial charge in [0, 0.05) is 24.7 Å². The minimum Gasteiger partial charge on any atom is -0.497 e. The molecule has 136 valence electrons. The van der Waals surface area contributed by atoms with Crippen LogP contribution in [0.25, 0.3) is 22.3 Å². The zero-order chi connectivity index (χ0) is 18.8. The Bertz CT molecular complexity index is 958. The molecule has 3 rings (SSSR count). The van der Waals surface area contributed by atoms with E-state index in [1.54, 1.807) is 38.1 Å². The molecule has 0 saturated heterocycles. The van der Waals surface area contributed by atoms with Gasteiger partial charge in [-0.05, 0) is 24.6 Å². The van der Waals surface area contributed by atoms with E-state index in [0.29, 0.717) is 17.1 Å². The number of nitrogens with zero attached hydrogens (tertiary/aromatic N) is 3. The molecular weight excluding hydrogens is 338 g/mol. The van der Waals surface area contributed by atoms with Crippen LogP contribution < -0.4 is 14.2 Å². The van der Waals surface area contributed by atoms with E-state index in [2.05, 4.69) is 10.1 Å². The average molecular weight is 357 g/mol. The molecule has 2 heterocycles. The van der Waals surface area contributed by atoms with Crippen LogP contribution in [0.3, 0.4) is 0 Å². The summed E-state index contributed by atoms with van der Waals surface area (Å²) in [6, 6.07) is 7.24. The second-order valence-corrected chi connectivity index (χ2v) is 5.73. The quantitative estimate of drug-likeness (QED) is 0.724. The Labute approximate surface area is 149 Å². The van der Waals surface area contributed by atoms with E-state index in [4.69, 9.17) is 19.3 Å². The van der Waals surface area contributed by atoms with E-state index in [1.807, 2.05) is 19.1 Å². The monoisotopic (exact) mass is 357 g/mol. The molecule has 0 bridgehead atoms. The van der Waals surface area contributed by atoms with E-state index in [0.717, 1.165) is 22.2 Å². The van der Waals surface area contributed by atoms with Crippen LogP contribution in [-0.4, -0.2) is 46.7 Å². The number of benzene rings is 1. The van der Waals surface area contributed by atoms with Crippen LogP contribution >= 0.6 is 0 Å². The highest BCUT2D eigenvalue weighted by atomic mass is 16.5. The molecule has 0 unspecified atom stereocenters. The number of carbonyl (C=O) groups is 1. The first-order chi connectivity index (χ1) is 12.4. The highest BCUT2D eigenvalue weighted by Gasteiger charge is 2.17. The fraction of sp³-hybridized carbons (Fsp3) is 0.278. The molecule has 0 aliphatic rings. The molecule has 0 radical (unpaired) electrons. The number of ether oxygens (including phenoxy) is 3. The number of aromatic nitrogens is 3. The van der Waals surface area contributed by atoms with Crippen LogP contribution in [0.2, 0.25) is 0 Å². The molecule has 0 atom stereocenters. The first-order valence-electron chi connectivity index (χ1n) is 7.85. The molecule has 1 aromatic carbocycles. The zero-order valence-corrected chi connectivity index (χ0v) is 14.9. The van der Waals surface area contributed by atoms with Crippen LogP contribution in [0.5, 0.6) is 17.4 Å². The highest BCUT2D eigenvalue weighted by Crippen LogP contribution is 2.35. The molecule has 0 amide bonds. The molecule has 0 aliphatic heterocycles. The predicted molar refractivity (Wildman–Crippen MR) is 94.9 cm³/mol. The molecular formula is C18H19N3O5. The van der Waals surface area contributed by atoms with Crippen molar-refractivity contribution >= 4 is 17.0 Å². The van der Waals surface area contributed by atoms with Gasteiger partial charge in [-0.25, -0.2) is 9.48 Å². The smallest absolute Gasteiger partial charge is 0.341 e. The predicted octanol–water partition coefficient (Wildman–Crippen LogP) is 2.42. The van der Waals surface area contributed by atoms with Gasteiger partial charge in [0.15, 0.2) is 12.3 Å². The number of hydrogen-bond acceptors (Lipinski definition) is 6. The van der Waals surface area contributed by atoms with Crippen LogP contribution in [0.15, 0.2) is 24.3 Å². The number of aryl methyl sites for hydroxylation is 2. The maximum Gasteiger partial charge on any atom is 0.341 e. The van der Waals surface area contributed by atoms with Crippen molar-refractivity contribution < 1.29 is 24.1 Å². The van der Waals surface area contributed by atoms with Gasteiger partial charge < -0.3 is 19.3 Å². The summed E-state index contributed by atoms with van der Waals surface area (Å²) >= 11 is 0. The van der Waals surface area contributed by atoms with E-state index < -0.39 is 12.6 Å². The summed E-state index contributed by atoms with van der Waals surface area (Å²) in [5, 5.41) is 14.2. The third-order valence-corrected chi connectivity index (χ3v) is 3.94. The third kappa shape index (κ3) is 3.26. The van der Waals surface area contributed by atoms with Crippen molar-refractivity contribution in [3.8, 4) is 28.6 Å². The van der Waals surface area contributed by atoms with Crippen LogP contribution in [0, 0.1) is 6.92 Å². The van der Waals surface area contributed by atoms with Crippen molar-refractivity contribution in [3.05, 3.63) is 29.8 Å². The number of pyridine rings is 1. The van der Waals surface area contributed by atoms with Crippen molar-refractivity contribution in [2.45, 2.75) is 6.92 Å². The molecule has 8 nitrogen and oxygen atoms in total. The maximum absolute atomic E-state index is 10.7. The number of hydrogen-bond donors (Lipinski definition) is 1. The Morgan fingerprint density at radius 2 is 1.81 bits per heavy atom. The summed E-state index contributed by atoms with van der Waals surface area (Å²) in [5.41, 5.74) is 3.04. The van der Waals surface area contributed by atoms with E-state index >= 15 is 0 Å². The first-order valence-corrected chi connectivity index (χ1v) is 7.85. The van der Waals surface area contributed by atoms with Crippen molar-refractivity contribution in [1.82, 2.24) is 14.8 Å². The summed E-state index contributed by atoms with van der Waals surface area (Å²) in [7, 11) is 4.96. The van der Waals surface area contributed by atoms with Gasteiger partial charge in [0.1, 0.15) is 17.2 Å². The number of aliphatic carboxylic acids is 1. The molecule has 0 aliphatic carbocycles. The first kappa shape index (κ1) is 17.5. The Balaban J connectivity index is 2.15. The van der Waals surface area contributed by atoms with Crippen molar-refractivity contribution in [3.63, 3.8) is 0 Å². The second kappa shape index (κ2) is 6.91. The van der Waals surface area contributed by atoms with Crippen molar-refractivity contribution in [1.29, 1.82) is 0 Å². The Morgan fingerprint density at radius 1 is 1.15 bits per heavy atom. The van der Waals surface area contributed by atoms with Gasteiger partial charge >= 0.3 is 5.97 Å². The molecule has 8 heteroatoms. The van der Waals surface area contributed by atoms with Gasteiger partial charge in [-0.3, -0.25) is 0 Å². The molecule has 26 heavy (non-hydrogen) atoms. The molecule has 0 spiro atoms. The maximum atomic E-state index is 10.7. The second-order valence-electron chi connectivity index (χ2n) is 5.73. The fourth-order valence-corrected chi connectivity index (χ4v) is 2.76. The van der Waals surface area contributed by atoms with Crippen molar-refractivity contribution in [2.75, 3.05) is 20.8 Å². The normalized spacial score (nSPS) is 10.8. The molecule has 3 aromatic rings. The lowest BCUT2D eigenvalue weighted by Crippen LogP contribution is -2.10. The summed E-state index contributed by atoms with van der Waals surface area (Å²) in [4.78, 5) is 15.1. The van der Waals surface area contributed by atoms with Crippen LogP contribution in [0.4, 0.5) is 0 Å². The standard InChI is InChI=1S/C18H19N3O5/c1-10-5-14(26-9-15(22)23)19-18-16(10)17(20-21(18)2)11-6-12(24-3)8-13(7-11)25-4/h5-8H,9H2,1-4H3,(H,22,23). The highest BCUT2D eigenvalue weighted by molar-refractivity contribution is 5.94. The third-order valence-electron chi connectivity index (χ3n) is 3.94. The minimum atomic E-state index is -1.06. The zero-order valence-electron chi connectivity index (χ0n) is 14.9. The summed E-state index contributed by atoms with van der Waals surface area (Å²) in [5.74, 6) is 0.504. The van der Waals surface area contributed by atoms with Crippen LogP contribution in [-0.2, 0) is 11.8 Å². The van der Waals surface area contributed by atoms with Gasteiger partial charge in [0.25, 0.3) is 0 Å². The molecule has 1 N–H and O–H groups in total. The topological polar surface area (TPSA) is 95.7 Å². The minimum absolute atomic E-state index is 0.246. The SMILES string of the molecule is COc1cc(OC)cc(-c2nn(C)c3nc(OCC(=O)O)cc(C)c23)c1. The molecule has 0 saturated carbocycles. The lowest BCUT2D eigenvalue weighted by molar-refractivity contribution is -0.139. The van der Waals surface area contributed by atoms with Crippen LogP contribution in [0.1, 0.15) is 5.56 Å². The Kier molecular flexibility index (Phi) is 4.66. The number of carboxylic acid groups (broad SMARTS) is 1. The van der Waals surface area contributed by atoms with E-state index in [-0.39, 0.29) is 5.88 Å². The number of carboxylic acids is 1. The summed E-state index contributed by atoms with van der Waals surface area (Å²) in [6.45, 7) is 1.45. The fourth-order valence-electron chi connectivity index (χ4n) is 2.76. The van der Waals surface area contributed by atoms with Crippen molar-refractivity contribution in [2.24, 2.45) is 7.05 Å². The van der Waals surface area contributed by atoms with Gasteiger partial charge in [-0.1, -0.05) is 0 Å². The van der Waals surface area contributed by atoms with Gasteiger partial charge in [-0.2, -0.15) is 10.1 Å². The summed E-state index contributed by atoms with van der Waals surface area (Å²) < 4.78 is 17.5. The summed E-state index contributed by atoms with van der Waals surface area (Å²) in [6.07, 6.45) is 0. The van der Waals surface area contributed by atoms with Gasteiger partial charge in [-0.15, -0.1) is 0 Å². The number of fused-ring (bicyclic) bond motifs is 1.